The molecule has 0 aromatic rings. The molecule has 3 fully saturated rings. The first-order chi connectivity index (χ1) is 5.59. The summed E-state index contributed by atoms with van der Waals surface area (Å²) in [5.74, 6) is 1.97. The summed E-state index contributed by atoms with van der Waals surface area (Å²) in [4.78, 5) is 11.6. The maximum atomic E-state index is 11.6. The Labute approximate surface area is 72.3 Å². The maximum absolute atomic E-state index is 11.6. The van der Waals surface area contributed by atoms with Gasteiger partial charge in [-0.05, 0) is 38.5 Å². The second-order valence-corrected chi connectivity index (χ2v) is 4.98. The number of fused-ring (bicyclic) bond motifs is 1. The second kappa shape index (κ2) is 1.77. The van der Waals surface area contributed by atoms with E-state index < -0.39 is 0 Å². The Balaban J connectivity index is 2.06. The predicted molar refractivity (Wildman–Crippen MR) is 43.7 cm³/mol. The smallest absolute Gasteiger partial charge is 0.164 e. The molecule has 1 heterocycles. The van der Waals surface area contributed by atoms with Crippen LogP contribution in [0, 0.1) is 17.8 Å². The molecule has 0 N–H and O–H groups in total. The largest absolute Gasteiger partial charge is 0.364 e. The Kier molecular flexibility index (Phi) is 1.04. The van der Waals surface area contributed by atoms with Crippen molar-refractivity contribution >= 4 is 5.78 Å². The highest BCUT2D eigenvalue weighted by molar-refractivity contribution is 5.89. The summed E-state index contributed by atoms with van der Waals surface area (Å²) in [6.07, 6.45) is 2.17. The van der Waals surface area contributed by atoms with Crippen LogP contribution < -0.4 is 0 Å². The third-order valence-electron chi connectivity index (χ3n) is 4.01. The van der Waals surface area contributed by atoms with E-state index in [0.717, 1.165) is 12.8 Å². The lowest BCUT2D eigenvalue weighted by atomic mass is 9.80. The van der Waals surface area contributed by atoms with E-state index in [9.17, 15) is 4.79 Å². The SMILES string of the molecule is CC1(C)OC2C(=O)C3CC2C1C3. The molecular formula is C10H14O2. The van der Waals surface area contributed by atoms with Crippen LogP contribution in [0.4, 0.5) is 0 Å². The highest BCUT2D eigenvalue weighted by atomic mass is 16.5. The van der Waals surface area contributed by atoms with Gasteiger partial charge in [-0.2, -0.15) is 0 Å². The van der Waals surface area contributed by atoms with E-state index in [-0.39, 0.29) is 11.7 Å². The van der Waals surface area contributed by atoms with Crippen molar-refractivity contribution in [1.82, 2.24) is 0 Å². The van der Waals surface area contributed by atoms with Gasteiger partial charge in [-0.15, -0.1) is 0 Å². The maximum Gasteiger partial charge on any atom is 0.164 e. The summed E-state index contributed by atoms with van der Waals surface area (Å²) in [5.41, 5.74) is -0.0315. The van der Waals surface area contributed by atoms with Gasteiger partial charge in [0, 0.05) is 5.92 Å². The van der Waals surface area contributed by atoms with Crippen molar-refractivity contribution in [2.75, 3.05) is 0 Å². The van der Waals surface area contributed by atoms with Gasteiger partial charge in [0.2, 0.25) is 0 Å². The topological polar surface area (TPSA) is 26.3 Å². The van der Waals surface area contributed by atoms with Crippen LogP contribution in [-0.4, -0.2) is 17.5 Å². The first kappa shape index (κ1) is 7.07. The molecule has 4 atom stereocenters. The second-order valence-electron chi connectivity index (χ2n) is 4.98. The van der Waals surface area contributed by atoms with E-state index in [2.05, 4.69) is 13.8 Å². The Morgan fingerprint density at radius 1 is 1.42 bits per heavy atom. The van der Waals surface area contributed by atoms with Crippen LogP contribution in [0.1, 0.15) is 26.7 Å². The normalized spacial score (nSPS) is 53.7. The molecule has 12 heavy (non-hydrogen) atoms. The molecule has 2 saturated carbocycles. The zero-order valence-corrected chi connectivity index (χ0v) is 7.54. The molecule has 0 aromatic heterocycles. The quantitative estimate of drug-likeness (QED) is 0.543. The molecule has 0 amide bonds. The van der Waals surface area contributed by atoms with E-state index >= 15 is 0 Å². The standard InChI is InChI=1S/C10H14O2/c1-10(2)7-4-5-3-6(7)9(12-10)8(5)11/h5-7,9H,3-4H2,1-2H3. The van der Waals surface area contributed by atoms with Crippen molar-refractivity contribution in [2.45, 2.75) is 38.4 Å². The lowest BCUT2D eigenvalue weighted by Gasteiger charge is -2.24. The predicted octanol–water partition coefficient (Wildman–Crippen LogP) is 1.39. The van der Waals surface area contributed by atoms with E-state index in [1.807, 2.05) is 0 Å². The highest BCUT2D eigenvalue weighted by Crippen LogP contribution is 2.58. The summed E-state index contributed by atoms with van der Waals surface area (Å²) < 4.78 is 5.79. The van der Waals surface area contributed by atoms with Gasteiger partial charge in [0.15, 0.2) is 5.78 Å². The molecule has 0 radical (unpaired) electrons. The van der Waals surface area contributed by atoms with Crippen molar-refractivity contribution in [3.8, 4) is 0 Å². The van der Waals surface area contributed by atoms with Gasteiger partial charge in [0.25, 0.3) is 0 Å². The van der Waals surface area contributed by atoms with Crippen LogP contribution in [0.5, 0.6) is 0 Å². The molecule has 2 nitrogen and oxygen atoms in total. The van der Waals surface area contributed by atoms with Crippen LogP contribution in [0.15, 0.2) is 0 Å². The molecule has 1 aliphatic heterocycles. The molecule has 0 aromatic carbocycles. The molecule has 2 aliphatic carbocycles. The number of carbonyl (C=O) groups excluding carboxylic acids is 1. The number of ketones is 1. The fourth-order valence-corrected chi connectivity index (χ4v) is 3.44. The van der Waals surface area contributed by atoms with Crippen LogP contribution in [0.2, 0.25) is 0 Å². The zero-order valence-electron chi connectivity index (χ0n) is 7.54. The third kappa shape index (κ3) is 0.598. The van der Waals surface area contributed by atoms with Gasteiger partial charge in [-0.3, -0.25) is 4.79 Å². The van der Waals surface area contributed by atoms with Crippen molar-refractivity contribution < 1.29 is 9.53 Å². The minimum atomic E-state index is -0.0315. The molecule has 4 unspecified atom stereocenters. The van der Waals surface area contributed by atoms with Crippen molar-refractivity contribution in [3.63, 3.8) is 0 Å². The summed E-state index contributed by atoms with van der Waals surface area (Å²) in [5, 5.41) is 0. The minimum Gasteiger partial charge on any atom is -0.364 e. The van der Waals surface area contributed by atoms with E-state index in [4.69, 9.17) is 4.74 Å². The Morgan fingerprint density at radius 3 is 2.75 bits per heavy atom. The third-order valence-corrected chi connectivity index (χ3v) is 4.01. The van der Waals surface area contributed by atoms with Crippen molar-refractivity contribution in [1.29, 1.82) is 0 Å². The zero-order chi connectivity index (χ0) is 8.51. The number of carbonyl (C=O) groups is 1. The monoisotopic (exact) mass is 166 g/mol. The van der Waals surface area contributed by atoms with Crippen LogP contribution in [0.25, 0.3) is 0 Å². The van der Waals surface area contributed by atoms with E-state index in [1.54, 1.807) is 0 Å². The summed E-state index contributed by atoms with van der Waals surface area (Å²) in [7, 11) is 0. The van der Waals surface area contributed by atoms with Gasteiger partial charge in [-0.1, -0.05) is 0 Å². The highest BCUT2D eigenvalue weighted by Gasteiger charge is 2.63. The van der Waals surface area contributed by atoms with Crippen LogP contribution >= 0.6 is 0 Å². The summed E-state index contributed by atoms with van der Waals surface area (Å²) in [6.45, 7) is 4.26. The number of Topliss-reactive ketones (excluding diaryl/α,β-unsaturated/α-hetero) is 1. The van der Waals surface area contributed by atoms with Crippen LogP contribution in [0.3, 0.4) is 0 Å². The van der Waals surface area contributed by atoms with Gasteiger partial charge >= 0.3 is 0 Å². The first-order valence-electron chi connectivity index (χ1n) is 4.81. The molecule has 66 valence electrons. The van der Waals surface area contributed by atoms with Gasteiger partial charge in [0.05, 0.1) is 5.60 Å². The van der Waals surface area contributed by atoms with E-state index in [0.29, 0.717) is 23.5 Å². The van der Waals surface area contributed by atoms with E-state index in [1.165, 1.54) is 0 Å². The molecule has 3 rings (SSSR count). The Morgan fingerprint density at radius 2 is 2.17 bits per heavy atom. The lowest BCUT2D eigenvalue weighted by Crippen LogP contribution is -2.28. The number of rotatable bonds is 0. The lowest BCUT2D eigenvalue weighted by molar-refractivity contribution is -0.132. The molecule has 2 bridgehead atoms. The minimum absolute atomic E-state index is 0.0243. The number of ether oxygens (including phenoxy) is 1. The van der Waals surface area contributed by atoms with Gasteiger partial charge in [0.1, 0.15) is 6.10 Å². The average Bonchev–Trinajstić information content (AvgIpc) is 2.54. The number of hydrogen-bond donors (Lipinski definition) is 0. The van der Waals surface area contributed by atoms with Gasteiger partial charge < -0.3 is 4.74 Å². The molecule has 2 heteroatoms. The Bertz CT molecular complexity index is 257. The Hall–Kier alpha value is -0.370. The summed E-state index contributed by atoms with van der Waals surface area (Å²) in [6, 6.07) is 0. The van der Waals surface area contributed by atoms with Gasteiger partial charge in [-0.25, -0.2) is 0 Å². The fraction of sp³-hybridized carbons (Fsp3) is 0.900. The summed E-state index contributed by atoms with van der Waals surface area (Å²) >= 11 is 0. The fourth-order valence-electron chi connectivity index (χ4n) is 3.44. The van der Waals surface area contributed by atoms with Crippen molar-refractivity contribution in [3.05, 3.63) is 0 Å². The molecule has 3 aliphatic rings. The molecule has 0 spiro atoms. The first-order valence-corrected chi connectivity index (χ1v) is 4.81. The molecular weight excluding hydrogens is 152 g/mol. The number of hydrogen-bond acceptors (Lipinski definition) is 2. The van der Waals surface area contributed by atoms with Crippen molar-refractivity contribution in [2.24, 2.45) is 17.8 Å². The van der Waals surface area contributed by atoms with Crippen LogP contribution in [-0.2, 0) is 9.53 Å². The molecule has 1 saturated heterocycles. The average molecular weight is 166 g/mol.